The molecule has 0 saturated heterocycles. The molecule has 1 unspecified atom stereocenters. The van der Waals surface area contributed by atoms with Crippen LogP contribution in [0.2, 0.25) is 0 Å². The Kier molecular flexibility index (Phi) is 3.73. The number of nitrogens with zero attached hydrogens (tertiary/aromatic N) is 2. The molecule has 3 aromatic rings. The lowest BCUT2D eigenvalue weighted by Crippen LogP contribution is -2.29. The van der Waals surface area contributed by atoms with Gasteiger partial charge >= 0.3 is 0 Å². The predicted molar refractivity (Wildman–Crippen MR) is 82.4 cm³/mol. The predicted octanol–water partition coefficient (Wildman–Crippen LogP) is 2.75. The van der Waals surface area contributed by atoms with Gasteiger partial charge in [-0.1, -0.05) is 18.2 Å². The molecule has 0 aliphatic carbocycles. The minimum atomic E-state index is 0.0350. The van der Waals surface area contributed by atoms with Crippen LogP contribution in [0.4, 0.5) is 0 Å². The van der Waals surface area contributed by atoms with E-state index in [9.17, 15) is 0 Å². The maximum Gasteiger partial charge on any atom is 0.0944 e. The maximum atomic E-state index is 5.77. The fourth-order valence-electron chi connectivity index (χ4n) is 2.42. The molecule has 3 rings (SSSR count). The first-order chi connectivity index (χ1) is 9.78. The van der Waals surface area contributed by atoms with Crippen LogP contribution in [-0.4, -0.2) is 9.97 Å². The van der Waals surface area contributed by atoms with E-state index in [4.69, 9.17) is 5.84 Å². The van der Waals surface area contributed by atoms with Gasteiger partial charge in [-0.2, -0.15) is 0 Å². The smallest absolute Gasteiger partial charge is 0.0944 e. The van der Waals surface area contributed by atoms with E-state index >= 15 is 0 Å². The Morgan fingerprint density at radius 3 is 2.95 bits per heavy atom. The largest absolute Gasteiger partial charge is 0.271 e. The van der Waals surface area contributed by atoms with Gasteiger partial charge in [0.2, 0.25) is 0 Å². The molecule has 20 heavy (non-hydrogen) atoms. The molecule has 1 aromatic carbocycles. The number of aromatic nitrogens is 2. The van der Waals surface area contributed by atoms with E-state index in [1.807, 2.05) is 36.7 Å². The van der Waals surface area contributed by atoms with Crippen LogP contribution in [0.5, 0.6) is 0 Å². The van der Waals surface area contributed by atoms with Crippen molar-refractivity contribution in [1.82, 2.24) is 15.4 Å². The third-order valence-electron chi connectivity index (χ3n) is 3.32. The van der Waals surface area contributed by atoms with Crippen molar-refractivity contribution in [2.24, 2.45) is 5.84 Å². The van der Waals surface area contributed by atoms with Crippen LogP contribution in [0, 0.1) is 6.92 Å². The minimum absolute atomic E-state index is 0.0350. The maximum absolute atomic E-state index is 5.77. The molecule has 3 N–H and O–H groups in total. The summed E-state index contributed by atoms with van der Waals surface area (Å²) in [5, 5.41) is 4.20. The first-order valence-electron chi connectivity index (χ1n) is 6.48. The van der Waals surface area contributed by atoms with Gasteiger partial charge in [0, 0.05) is 29.1 Å². The Balaban J connectivity index is 2.06. The van der Waals surface area contributed by atoms with Gasteiger partial charge < -0.3 is 0 Å². The van der Waals surface area contributed by atoms with Crippen LogP contribution in [0.15, 0.2) is 41.9 Å². The molecule has 2 aromatic heterocycles. The van der Waals surface area contributed by atoms with Crippen LogP contribution in [0.1, 0.15) is 22.3 Å². The number of pyridine rings is 1. The lowest BCUT2D eigenvalue weighted by atomic mass is 9.99. The number of nitrogens with one attached hydrogen (secondary N) is 1. The summed E-state index contributed by atoms with van der Waals surface area (Å²) >= 11 is 1.65. The number of hydrogen-bond donors (Lipinski definition) is 2. The molecule has 0 fully saturated rings. The number of para-hydroxylation sites is 1. The van der Waals surface area contributed by atoms with Gasteiger partial charge in [0.05, 0.1) is 16.6 Å². The van der Waals surface area contributed by atoms with Crippen LogP contribution < -0.4 is 11.3 Å². The van der Waals surface area contributed by atoms with Crippen molar-refractivity contribution in [2.45, 2.75) is 19.4 Å². The highest BCUT2D eigenvalue weighted by Gasteiger charge is 2.16. The minimum Gasteiger partial charge on any atom is -0.271 e. The van der Waals surface area contributed by atoms with Crippen LogP contribution in [0.3, 0.4) is 0 Å². The Hall–Kier alpha value is -1.82. The summed E-state index contributed by atoms with van der Waals surface area (Å²) in [6.07, 6.45) is 2.60. The molecule has 0 spiro atoms. The van der Waals surface area contributed by atoms with E-state index in [2.05, 4.69) is 27.5 Å². The summed E-state index contributed by atoms with van der Waals surface area (Å²) in [7, 11) is 0. The Morgan fingerprint density at radius 2 is 2.20 bits per heavy atom. The molecule has 0 aliphatic heterocycles. The number of benzene rings is 1. The standard InChI is InChI=1S/C15H16N4S/c1-10-8-12(11-4-2-3-5-13(11)18-10)14(19-16)9-15-17-6-7-20-15/h2-8,14,19H,9,16H2,1H3. The first-order valence-corrected chi connectivity index (χ1v) is 7.36. The van der Waals surface area contributed by atoms with Crippen molar-refractivity contribution in [1.29, 1.82) is 0 Å². The van der Waals surface area contributed by atoms with Crippen LogP contribution in [-0.2, 0) is 6.42 Å². The molecule has 0 radical (unpaired) electrons. The fraction of sp³-hybridized carbons (Fsp3) is 0.200. The molecular weight excluding hydrogens is 268 g/mol. The molecule has 102 valence electrons. The SMILES string of the molecule is Cc1cc(C(Cc2nccs2)NN)c2ccccc2n1. The third kappa shape index (κ3) is 2.56. The summed E-state index contributed by atoms with van der Waals surface area (Å²) in [5.74, 6) is 5.77. The second kappa shape index (κ2) is 5.66. The fourth-order valence-corrected chi connectivity index (χ4v) is 3.08. The van der Waals surface area contributed by atoms with Crippen molar-refractivity contribution >= 4 is 22.2 Å². The summed E-state index contributed by atoms with van der Waals surface area (Å²) in [6.45, 7) is 2.01. The number of hydrazine groups is 1. The van der Waals surface area contributed by atoms with E-state index in [-0.39, 0.29) is 6.04 Å². The van der Waals surface area contributed by atoms with Crippen LogP contribution >= 0.6 is 11.3 Å². The van der Waals surface area contributed by atoms with Gasteiger partial charge in [0.15, 0.2) is 0 Å². The summed E-state index contributed by atoms with van der Waals surface area (Å²) in [5.41, 5.74) is 6.09. The molecule has 1 atom stereocenters. The number of aryl methyl sites for hydroxylation is 1. The highest BCUT2D eigenvalue weighted by molar-refractivity contribution is 7.09. The van der Waals surface area contributed by atoms with Gasteiger partial charge in [0.25, 0.3) is 0 Å². The van der Waals surface area contributed by atoms with Crippen LogP contribution in [0.25, 0.3) is 10.9 Å². The van der Waals surface area contributed by atoms with Crippen molar-refractivity contribution in [3.8, 4) is 0 Å². The molecule has 0 bridgehead atoms. The van der Waals surface area contributed by atoms with Crippen molar-refractivity contribution in [3.63, 3.8) is 0 Å². The average molecular weight is 284 g/mol. The van der Waals surface area contributed by atoms with Gasteiger partial charge in [-0.25, -0.2) is 4.98 Å². The molecule has 2 heterocycles. The summed E-state index contributed by atoms with van der Waals surface area (Å²) in [6, 6.07) is 10.3. The first kappa shape index (κ1) is 13.2. The molecule has 0 aliphatic rings. The topological polar surface area (TPSA) is 63.8 Å². The molecule has 5 heteroatoms. The van der Waals surface area contributed by atoms with Crippen molar-refractivity contribution in [2.75, 3.05) is 0 Å². The molecular formula is C15H16N4S. The molecule has 4 nitrogen and oxygen atoms in total. The van der Waals surface area contributed by atoms with E-state index in [0.29, 0.717) is 0 Å². The lowest BCUT2D eigenvalue weighted by Gasteiger charge is -2.18. The van der Waals surface area contributed by atoms with E-state index in [1.54, 1.807) is 11.3 Å². The normalized spacial score (nSPS) is 12.7. The van der Waals surface area contributed by atoms with E-state index in [0.717, 1.165) is 28.0 Å². The van der Waals surface area contributed by atoms with E-state index < -0.39 is 0 Å². The zero-order chi connectivity index (χ0) is 13.9. The Bertz CT molecular complexity index is 709. The quantitative estimate of drug-likeness (QED) is 0.571. The third-order valence-corrected chi connectivity index (χ3v) is 4.12. The number of fused-ring (bicyclic) bond motifs is 1. The highest BCUT2D eigenvalue weighted by atomic mass is 32.1. The highest BCUT2D eigenvalue weighted by Crippen LogP contribution is 2.26. The Morgan fingerprint density at radius 1 is 1.35 bits per heavy atom. The number of rotatable bonds is 4. The second-order valence-corrected chi connectivity index (χ2v) is 5.70. The Labute approximate surface area is 121 Å². The van der Waals surface area contributed by atoms with Gasteiger partial charge in [0.1, 0.15) is 0 Å². The van der Waals surface area contributed by atoms with Gasteiger partial charge in [-0.15, -0.1) is 11.3 Å². The molecule has 0 saturated carbocycles. The number of hydrogen-bond acceptors (Lipinski definition) is 5. The second-order valence-electron chi connectivity index (χ2n) is 4.72. The van der Waals surface area contributed by atoms with E-state index in [1.165, 1.54) is 5.56 Å². The zero-order valence-corrected chi connectivity index (χ0v) is 12.0. The lowest BCUT2D eigenvalue weighted by molar-refractivity contribution is 0.553. The monoisotopic (exact) mass is 284 g/mol. The van der Waals surface area contributed by atoms with Gasteiger partial charge in [-0.05, 0) is 24.6 Å². The summed E-state index contributed by atoms with van der Waals surface area (Å²) < 4.78 is 0. The van der Waals surface area contributed by atoms with Gasteiger partial charge in [-0.3, -0.25) is 16.3 Å². The summed E-state index contributed by atoms with van der Waals surface area (Å²) in [4.78, 5) is 8.91. The zero-order valence-electron chi connectivity index (χ0n) is 11.2. The number of nitrogens with two attached hydrogens (primary N) is 1. The molecule has 0 amide bonds. The van der Waals surface area contributed by atoms with Crippen molar-refractivity contribution < 1.29 is 0 Å². The average Bonchev–Trinajstić information content (AvgIpc) is 2.97. The number of thiazole rings is 1. The van der Waals surface area contributed by atoms with Crippen molar-refractivity contribution in [3.05, 3.63) is 58.2 Å².